The molecular formula is C13H13BrClN3. The van der Waals surface area contributed by atoms with Crippen molar-refractivity contribution in [1.29, 1.82) is 0 Å². The zero-order valence-electron chi connectivity index (χ0n) is 10.2. The molecule has 18 heavy (non-hydrogen) atoms. The van der Waals surface area contributed by atoms with Gasteiger partial charge in [-0.3, -0.25) is 4.98 Å². The molecule has 0 unspecified atom stereocenters. The van der Waals surface area contributed by atoms with E-state index in [2.05, 4.69) is 37.8 Å². The van der Waals surface area contributed by atoms with Gasteiger partial charge in [-0.05, 0) is 40.4 Å². The van der Waals surface area contributed by atoms with E-state index in [9.17, 15) is 0 Å². The lowest BCUT2D eigenvalue weighted by Gasteiger charge is -2.09. The van der Waals surface area contributed by atoms with Gasteiger partial charge in [-0.1, -0.05) is 25.4 Å². The number of halogens is 2. The highest BCUT2D eigenvalue weighted by atomic mass is 79.9. The first-order chi connectivity index (χ1) is 8.67. The second kappa shape index (κ2) is 5.76. The summed E-state index contributed by atoms with van der Waals surface area (Å²) in [6, 6.07) is 1.93. The maximum absolute atomic E-state index is 6.13. The number of hydrogen-bond acceptors (Lipinski definition) is 3. The molecule has 0 aliphatic heterocycles. The highest BCUT2D eigenvalue weighted by molar-refractivity contribution is 9.10. The minimum atomic E-state index is 0.454. The zero-order valence-corrected chi connectivity index (χ0v) is 12.6. The Labute approximate surface area is 120 Å². The summed E-state index contributed by atoms with van der Waals surface area (Å²) in [6.45, 7) is 4.13. The van der Waals surface area contributed by atoms with Gasteiger partial charge < -0.3 is 0 Å². The fraction of sp³-hybridized carbons (Fsp3) is 0.308. The molecule has 0 saturated carbocycles. The third kappa shape index (κ3) is 2.54. The van der Waals surface area contributed by atoms with Gasteiger partial charge in [0.05, 0.1) is 10.2 Å². The molecule has 5 heteroatoms. The van der Waals surface area contributed by atoms with Crippen LogP contribution in [0, 0.1) is 0 Å². The zero-order chi connectivity index (χ0) is 13.1. The summed E-state index contributed by atoms with van der Waals surface area (Å²) in [4.78, 5) is 13.0. The van der Waals surface area contributed by atoms with Crippen molar-refractivity contribution in [2.75, 3.05) is 0 Å². The molecule has 0 radical (unpaired) electrons. The number of nitrogens with zero attached hydrogens (tertiary/aromatic N) is 3. The van der Waals surface area contributed by atoms with Crippen LogP contribution in [0.5, 0.6) is 0 Å². The topological polar surface area (TPSA) is 38.7 Å². The second-order valence-electron chi connectivity index (χ2n) is 3.84. The van der Waals surface area contributed by atoms with Crippen LogP contribution in [0.2, 0.25) is 5.15 Å². The number of aryl methyl sites for hydroxylation is 2. The fourth-order valence-electron chi connectivity index (χ4n) is 1.74. The Hall–Kier alpha value is -1.00. The summed E-state index contributed by atoms with van der Waals surface area (Å²) >= 11 is 9.54. The minimum Gasteiger partial charge on any atom is -0.264 e. The largest absolute Gasteiger partial charge is 0.264 e. The van der Waals surface area contributed by atoms with Crippen molar-refractivity contribution in [2.45, 2.75) is 26.7 Å². The predicted octanol–water partition coefficient (Wildman–Crippen LogP) is 4.08. The number of rotatable bonds is 3. The van der Waals surface area contributed by atoms with Gasteiger partial charge in [0.2, 0.25) is 0 Å². The Kier molecular flexibility index (Phi) is 4.30. The Morgan fingerprint density at radius 3 is 2.67 bits per heavy atom. The number of aromatic nitrogens is 3. The van der Waals surface area contributed by atoms with Crippen LogP contribution in [-0.2, 0) is 12.8 Å². The Bertz CT molecular complexity index is 572. The normalized spacial score (nSPS) is 10.7. The maximum atomic E-state index is 6.13. The Balaban J connectivity index is 2.61. The van der Waals surface area contributed by atoms with Gasteiger partial charge in [0, 0.05) is 18.0 Å². The van der Waals surface area contributed by atoms with Crippen molar-refractivity contribution in [3.8, 4) is 11.4 Å². The van der Waals surface area contributed by atoms with E-state index < -0.39 is 0 Å². The van der Waals surface area contributed by atoms with Crippen molar-refractivity contribution in [2.24, 2.45) is 0 Å². The van der Waals surface area contributed by atoms with Crippen LogP contribution in [0.1, 0.15) is 25.1 Å². The summed E-state index contributed by atoms with van der Waals surface area (Å²) in [7, 11) is 0. The monoisotopic (exact) mass is 325 g/mol. The van der Waals surface area contributed by atoms with Crippen molar-refractivity contribution < 1.29 is 0 Å². The van der Waals surface area contributed by atoms with E-state index in [0.29, 0.717) is 11.0 Å². The molecule has 0 spiro atoms. The van der Waals surface area contributed by atoms with Crippen molar-refractivity contribution in [3.63, 3.8) is 0 Å². The van der Waals surface area contributed by atoms with Gasteiger partial charge in [-0.15, -0.1) is 0 Å². The van der Waals surface area contributed by atoms with Crippen molar-refractivity contribution >= 4 is 27.5 Å². The van der Waals surface area contributed by atoms with Crippen molar-refractivity contribution in [3.05, 3.63) is 39.3 Å². The SMILES string of the molecule is CCc1cnccc1-c1nc(Cl)c(Br)c(CC)n1. The summed E-state index contributed by atoms with van der Waals surface area (Å²) in [5.41, 5.74) is 3.04. The van der Waals surface area contributed by atoms with E-state index in [-0.39, 0.29) is 0 Å². The molecule has 0 fully saturated rings. The van der Waals surface area contributed by atoms with Crippen molar-refractivity contribution in [1.82, 2.24) is 15.0 Å². The summed E-state index contributed by atoms with van der Waals surface area (Å²) in [6.07, 6.45) is 5.30. The number of pyridine rings is 1. The van der Waals surface area contributed by atoms with Crippen LogP contribution >= 0.6 is 27.5 Å². The van der Waals surface area contributed by atoms with E-state index in [1.165, 1.54) is 0 Å². The van der Waals surface area contributed by atoms with Gasteiger partial charge in [-0.25, -0.2) is 9.97 Å². The molecule has 0 amide bonds. The average molecular weight is 327 g/mol. The average Bonchev–Trinajstić information content (AvgIpc) is 2.41. The molecule has 2 aromatic heterocycles. The summed E-state index contributed by atoms with van der Waals surface area (Å²) in [5.74, 6) is 0.666. The van der Waals surface area contributed by atoms with Crippen LogP contribution in [0.3, 0.4) is 0 Å². The van der Waals surface area contributed by atoms with Gasteiger partial charge in [0.1, 0.15) is 5.15 Å². The molecule has 0 saturated heterocycles. The lowest BCUT2D eigenvalue weighted by Crippen LogP contribution is -2.00. The third-order valence-corrected chi connectivity index (χ3v) is 4.07. The molecule has 0 aliphatic carbocycles. The van der Waals surface area contributed by atoms with Crippen LogP contribution in [0.4, 0.5) is 0 Å². The molecule has 0 atom stereocenters. The maximum Gasteiger partial charge on any atom is 0.161 e. The molecule has 2 heterocycles. The Morgan fingerprint density at radius 2 is 2.00 bits per heavy atom. The van der Waals surface area contributed by atoms with Gasteiger partial charge in [0.25, 0.3) is 0 Å². The Morgan fingerprint density at radius 1 is 1.22 bits per heavy atom. The second-order valence-corrected chi connectivity index (χ2v) is 4.99. The van der Waals surface area contributed by atoms with E-state index in [1.807, 2.05) is 19.2 Å². The lowest BCUT2D eigenvalue weighted by molar-refractivity contribution is 0.983. The third-order valence-electron chi connectivity index (χ3n) is 2.74. The molecule has 2 rings (SSSR count). The first-order valence-corrected chi connectivity index (χ1v) is 6.99. The van der Waals surface area contributed by atoms with E-state index in [1.54, 1.807) is 6.20 Å². The van der Waals surface area contributed by atoms with Gasteiger partial charge in [0.15, 0.2) is 5.82 Å². The highest BCUT2D eigenvalue weighted by Gasteiger charge is 2.12. The van der Waals surface area contributed by atoms with Gasteiger partial charge >= 0.3 is 0 Å². The fourth-order valence-corrected chi connectivity index (χ4v) is 2.39. The predicted molar refractivity (Wildman–Crippen MR) is 76.7 cm³/mol. The highest BCUT2D eigenvalue weighted by Crippen LogP contribution is 2.28. The molecule has 3 nitrogen and oxygen atoms in total. The summed E-state index contributed by atoms with van der Waals surface area (Å²) < 4.78 is 0.780. The molecule has 0 aromatic carbocycles. The van der Waals surface area contributed by atoms with E-state index in [0.717, 1.165) is 34.1 Å². The smallest absolute Gasteiger partial charge is 0.161 e. The van der Waals surface area contributed by atoms with Gasteiger partial charge in [-0.2, -0.15) is 0 Å². The lowest BCUT2D eigenvalue weighted by atomic mass is 10.1. The molecular weight excluding hydrogens is 314 g/mol. The minimum absolute atomic E-state index is 0.454. The molecule has 2 aromatic rings. The van der Waals surface area contributed by atoms with Crippen LogP contribution in [-0.4, -0.2) is 15.0 Å². The van der Waals surface area contributed by atoms with Crippen LogP contribution in [0.15, 0.2) is 22.9 Å². The molecule has 94 valence electrons. The molecule has 0 N–H and O–H groups in total. The molecule has 0 bridgehead atoms. The quantitative estimate of drug-likeness (QED) is 0.798. The van der Waals surface area contributed by atoms with Crippen LogP contribution in [0.25, 0.3) is 11.4 Å². The molecule has 0 aliphatic rings. The number of hydrogen-bond donors (Lipinski definition) is 0. The standard InChI is InChI=1S/C13H13BrClN3/c1-3-8-7-16-6-5-9(8)13-17-10(4-2)11(14)12(15)18-13/h5-7H,3-4H2,1-2H3. The van der Waals surface area contributed by atoms with E-state index in [4.69, 9.17) is 11.6 Å². The van der Waals surface area contributed by atoms with Crippen LogP contribution < -0.4 is 0 Å². The first-order valence-electron chi connectivity index (χ1n) is 5.82. The summed E-state index contributed by atoms with van der Waals surface area (Å²) in [5, 5.41) is 0.454. The first kappa shape index (κ1) is 13.4. The van der Waals surface area contributed by atoms with E-state index >= 15 is 0 Å².